The predicted octanol–water partition coefficient (Wildman–Crippen LogP) is 6.07. The molecule has 0 fully saturated rings. The van der Waals surface area contributed by atoms with E-state index in [-0.39, 0.29) is 5.78 Å². The third-order valence-corrected chi connectivity index (χ3v) is 5.61. The Morgan fingerprint density at radius 2 is 1.83 bits per heavy atom. The van der Waals surface area contributed by atoms with Crippen LogP contribution in [0.15, 0.2) is 42.5 Å². The molecule has 3 heteroatoms. The SMILES string of the molecule is CCC(CCC(=O)c1cc(C)cc(C)c1)c1nc2ccccc2s1. The Kier molecular flexibility index (Phi) is 5.10. The van der Waals surface area contributed by atoms with Crippen LogP contribution >= 0.6 is 11.3 Å². The van der Waals surface area contributed by atoms with Gasteiger partial charge in [-0.3, -0.25) is 4.79 Å². The van der Waals surface area contributed by atoms with Crippen molar-refractivity contribution in [2.75, 3.05) is 0 Å². The van der Waals surface area contributed by atoms with Gasteiger partial charge in [0.05, 0.1) is 15.2 Å². The fourth-order valence-corrected chi connectivity index (χ4v) is 4.34. The Balaban J connectivity index is 1.72. The van der Waals surface area contributed by atoms with Crippen LogP contribution in [0, 0.1) is 13.8 Å². The standard InChI is InChI=1S/C21H23NOS/c1-4-16(21-22-18-7-5-6-8-20(18)24-21)9-10-19(23)17-12-14(2)11-15(3)13-17/h5-8,11-13,16H,4,9-10H2,1-3H3. The fraction of sp³-hybridized carbons (Fsp3) is 0.333. The van der Waals surface area contributed by atoms with E-state index >= 15 is 0 Å². The van der Waals surface area contributed by atoms with Gasteiger partial charge in [-0.25, -0.2) is 4.98 Å². The number of nitrogens with zero attached hydrogens (tertiary/aromatic N) is 1. The zero-order chi connectivity index (χ0) is 17.1. The molecule has 1 heterocycles. The quantitative estimate of drug-likeness (QED) is 0.511. The number of thiazole rings is 1. The molecule has 24 heavy (non-hydrogen) atoms. The van der Waals surface area contributed by atoms with Crippen molar-refractivity contribution in [3.63, 3.8) is 0 Å². The maximum atomic E-state index is 12.6. The summed E-state index contributed by atoms with van der Waals surface area (Å²) in [6, 6.07) is 14.3. The minimum atomic E-state index is 0.237. The molecule has 0 spiro atoms. The molecule has 124 valence electrons. The van der Waals surface area contributed by atoms with Crippen LogP contribution in [0.25, 0.3) is 10.2 Å². The van der Waals surface area contributed by atoms with Gasteiger partial charge in [0, 0.05) is 17.9 Å². The van der Waals surface area contributed by atoms with E-state index in [9.17, 15) is 4.79 Å². The zero-order valence-electron chi connectivity index (χ0n) is 14.5. The molecule has 1 aromatic heterocycles. The molecule has 2 nitrogen and oxygen atoms in total. The topological polar surface area (TPSA) is 30.0 Å². The summed E-state index contributed by atoms with van der Waals surface area (Å²) in [6.07, 6.45) is 2.46. The van der Waals surface area contributed by atoms with Crippen LogP contribution in [0.4, 0.5) is 0 Å². The first-order chi connectivity index (χ1) is 11.6. The highest BCUT2D eigenvalue weighted by molar-refractivity contribution is 7.18. The van der Waals surface area contributed by atoms with Crippen molar-refractivity contribution in [2.24, 2.45) is 0 Å². The number of aryl methyl sites for hydroxylation is 2. The van der Waals surface area contributed by atoms with E-state index in [0.717, 1.165) is 40.1 Å². The molecule has 2 aromatic carbocycles. The molecule has 0 saturated carbocycles. The van der Waals surface area contributed by atoms with Gasteiger partial charge in [-0.1, -0.05) is 36.2 Å². The number of aromatic nitrogens is 1. The molecule has 0 aliphatic rings. The van der Waals surface area contributed by atoms with Gasteiger partial charge in [0.1, 0.15) is 0 Å². The Morgan fingerprint density at radius 1 is 1.12 bits per heavy atom. The van der Waals surface area contributed by atoms with Gasteiger partial charge in [0.15, 0.2) is 5.78 Å². The molecule has 1 unspecified atom stereocenters. The number of benzene rings is 2. The average molecular weight is 337 g/mol. The zero-order valence-corrected chi connectivity index (χ0v) is 15.3. The molecule has 0 aliphatic carbocycles. The van der Waals surface area contributed by atoms with E-state index in [1.807, 2.05) is 32.0 Å². The lowest BCUT2D eigenvalue weighted by Crippen LogP contribution is -2.04. The van der Waals surface area contributed by atoms with Crippen LogP contribution in [-0.2, 0) is 0 Å². The van der Waals surface area contributed by atoms with Gasteiger partial charge in [0.2, 0.25) is 0 Å². The number of rotatable bonds is 6. The van der Waals surface area contributed by atoms with E-state index in [2.05, 4.69) is 31.2 Å². The molecule has 3 aromatic rings. The number of carbonyl (C=O) groups is 1. The van der Waals surface area contributed by atoms with Crippen molar-refractivity contribution < 1.29 is 4.79 Å². The van der Waals surface area contributed by atoms with E-state index in [4.69, 9.17) is 4.98 Å². The van der Waals surface area contributed by atoms with Crippen molar-refractivity contribution in [2.45, 2.75) is 46.0 Å². The molecule has 0 N–H and O–H groups in total. The van der Waals surface area contributed by atoms with E-state index in [1.54, 1.807) is 11.3 Å². The number of ketones is 1. The largest absolute Gasteiger partial charge is 0.294 e. The van der Waals surface area contributed by atoms with E-state index in [1.165, 1.54) is 4.70 Å². The number of hydrogen-bond acceptors (Lipinski definition) is 3. The van der Waals surface area contributed by atoms with Crippen molar-refractivity contribution >= 4 is 27.3 Å². The molecule has 0 radical (unpaired) electrons. The van der Waals surface area contributed by atoms with Crippen molar-refractivity contribution in [1.29, 1.82) is 0 Å². The highest BCUT2D eigenvalue weighted by Crippen LogP contribution is 2.32. The highest BCUT2D eigenvalue weighted by Gasteiger charge is 2.17. The maximum Gasteiger partial charge on any atom is 0.162 e. The normalized spacial score (nSPS) is 12.5. The van der Waals surface area contributed by atoms with Crippen LogP contribution in [0.3, 0.4) is 0 Å². The first-order valence-electron chi connectivity index (χ1n) is 8.53. The summed E-state index contributed by atoms with van der Waals surface area (Å²) in [5.41, 5.74) is 4.20. The Labute approximate surface area is 147 Å². The second-order valence-corrected chi connectivity index (χ2v) is 7.53. The smallest absolute Gasteiger partial charge is 0.162 e. The van der Waals surface area contributed by atoms with Gasteiger partial charge in [-0.05, 0) is 51.0 Å². The molecule has 0 saturated heterocycles. The van der Waals surface area contributed by atoms with Crippen LogP contribution in [-0.4, -0.2) is 10.8 Å². The summed E-state index contributed by atoms with van der Waals surface area (Å²) in [6.45, 7) is 6.26. The first-order valence-corrected chi connectivity index (χ1v) is 9.35. The van der Waals surface area contributed by atoms with Gasteiger partial charge in [-0.2, -0.15) is 0 Å². The molecular formula is C21H23NOS. The number of Topliss-reactive ketones (excluding diaryl/α,β-unsaturated/α-hetero) is 1. The predicted molar refractivity (Wildman–Crippen MR) is 102 cm³/mol. The molecule has 3 rings (SSSR count). The summed E-state index contributed by atoms with van der Waals surface area (Å²) in [7, 11) is 0. The fourth-order valence-electron chi connectivity index (χ4n) is 3.15. The lowest BCUT2D eigenvalue weighted by atomic mass is 9.95. The van der Waals surface area contributed by atoms with Crippen molar-refractivity contribution in [3.8, 4) is 0 Å². The second kappa shape index (κ2) is 7.27. The Bertz CT molecular complexity index is 812. The highest BCUT2D eigenvalue weighted by atomic mass is 32.1. The average Bonchev–Trinajstić information content (AvgIpc) is 2.98. The van der Waals surface area contributed by atoms with E-state index in [0.29, 0.717) is 12.3 Å². The third-order valence-electron chi connectivity index (χ3n) is 4.42. The van der Waals surface area contributed by atoms with Crippen LogP contribution in [0.2, 0.25) is 0 Å². The molecule has 1 atom stereocenters. The van der Waals surface area contributed by atoms with Crippen LogP contribution in [0.1, 0.15) is 58.6 Å². The summed E-state index contributed by atoms with van der Waals surface area (Å²) >= 11 is 1.76. The summed E-state index contributed by atoms with van der Waals surface area (Å²) in [4.78, 5) is 17.3. The number of hydrogen-bond donors (Lipinski definition) is 0. The van der Waals surface area contributed by atoms with Crippen molar-refractivity contribution in [3.05, 3.63) is 64.2 Å². The lowest BCUT2D eigenvalue weighted by Gasteiger charge is -2.11. The number of fused-ring (bicyclic) bond motifs is 1. The summed E-state index contributed by atoms with van der Waals surface area (Å²) in [5.74, 6) is 0.596. The van der Waals surface area contributed by atoms with Gasteiger partial charge >= 0.3 is 0 Å². The Morgan fingerprint density at radius 3 is 2.50 bits per heavy atom. The van der Waals surface area contributed by atoms with Crippen molar-refractivity contribution in [1.82, 2.24) is 4.98 Å². The van der Waals surface area contributed by atoms with Gasteiger partial charge < -0.3 is 0 Å². The molecule has 0 bridgehead atoms. The molecular weight excluding hydrogens is 314 g/mol. The first kappa shape index (κ1) is 16.8. The molecule has 0 amide bonds. The minimum Gasteiger partial charge on any atom is -0.294 e. The summed E-state index contributed by atoms with van der Waals surface area (Å²) in [5, 5.41) is 1.16. The van der Waals surface area contributed by atoms with Gasteiger partial charge in [-0.15, -0.1) is 11.3 Å². The van der Waals surface area contributed by atoms with Crippen LogP contribution in [0.5, 0.6) is 0 Å². The number of carbonyl (C=O) groups excluding carboxylic acids is 1. The third kappa shape index (κ3) is 3.73. The minimum absolute atomic E-state index is 0.237. The lowest BCUT2D eigenvalue weighted by molar-refractivity contribution is 0.0977. The maximum absolute atomic E-state index is 12.6. The second-order valence-electron chi connectivity index (χ2n) is 6.46. The molecule has 0 aliphatic heterocycles. The van der Waals surface area contributed by atoms with Crippen LogP contribution < -0.4 is 0 Å². The Hall–Kier alpha value is -2.00. The van der Waals surface area contributed by atoms with Gasteiger partial charge in [0.25, 0.3) is 0 Å². The monoisotopic (exact) mass is 337 g/mol. The van der Waals surface area contributed by atoms with E-state index < -0.39 is 0 Å². The summed E-state index contributed by atoms with van der Waals surface area (Å²) < 4.78 is 1.23. The number of para-hydroxylation sites is 1.